The van der Waals surface area contributed by atoms with Crippen LogP contribution in [0.2, 0.25) is 0 Å². The summed E-state index contributed by atoms with van der Waals surface area (Å²) in [5.41, 5.74) is 1.05. The maximum atomic E-state index is 12.8. The predicted octanol–water partition coefficient (Wildman–Crippen LogP) is 1.82. The number of fused-ring (bicyclic) bond motifs is 1. The first-order chi connectivity index (χ1) is 12.6. The second kappa shape index (κ2) is 8.15. The molecule has 0 amide bonds. The molecule has 136 valence electrons. The fourth-order valence-corrected chi connectivity index (χ4v) is 2.73. The van der Waals surface area contributed by atoms with Crippen molar-refractivity contribution in [2.75, 3.05) is 19.5 Å². The van der Waals surface area contributed by atoms with Gasteiger partial charge in [-0.25, -0.2) is 0 Å². The molecule has 9 heteroatoms. The first kappa shape index (κ1) is 18.2. The summed E-state index contributed by atoms with van der Waals surface area (Å²) in [4.78, 5) is 28.0. The minimum absolute atomic E-state index is 0.150. The highest BCUT2D eigenvalue weighted by Crippen LogP contribution is 2.17. The van der Waals surface area contributed by atoms with Crippen molar-refractivity contribution < 1.29 is 14.3 Å². The van der Waals surface area contributed by atoms with Crippen molar-refractivity contribution in [3.05, 3.63) is 46.9 Å². The van der Waals surface area contributed by atoms with Crippen LogP contribution >= 0.6 is 11.8 Å². The van der Waals surface area contributed by atoms with E-state index in [2.05, 4.69) is 10.1 Å². The minimum Gasteiger partial charge on any atom is -0.463 e. The number of rotatable bonds is 7. The van der Waals surface area contributed by atoms with Gasteiger partial charge in [-0.15, -0.1) is 5.10 Å². The summed E-state index contributed by atoms with van der Waals surface area (Å²) in [6, 6.07) is 9.35. The summed E-state index contributed by atoms with van der Waals surface area (Å²) in [7, 11) is 0. The first-order valence-electron chi connectivity index (χ1n) is 7.91. The van der Waals surface area contributed by atoms with Crippen molar-refractivity contribution >= 4 is 23.5 Å². The van der Waals surface area contributed by atoms with E-state index in [0.717, 1.165) is 5.56 Å². The summed E-state index contributed by atoms with van der Waals surface area (Å²) >= 11 is 1.36. The third-order valence-corrected chi connectivity index (χ3v) is 4.10. The molecule has 0 unspecified atom stereocenters. The molecule has 0 N–H and O–H groups in total. The van der Waals surface area contributed by atoms with Gasteiger partial charge in [-0.05, 0) is 11.8 Å². The zero-order valence-electron chi connectivity index (χ0n) is 14.4. The van der Waals surface area contributed by atoms with Crippen LogP contribution in [0.1, 0.15) is 6.92 Å². The molecule has 3 rings (SSSR count). The van der Waals surface area contributed by atoms with Crippen LogP contribution in [0.25, 0.3) is 16.9 Å². The van der Waals surface area contributed by atoms with E-state index < -0.39 is 0 Å². The minimum atomic E-state index is -0.354. The predicted molar refractivity (Wildman–Crippen MR) is 97.0 cm³/mol. The molecule has 0 spiro atoms. The van der Waals surface area contributed by atoms with Gasteiger partial charge in [0.2, 0.25) is 10.9 Å². The van der Waals surface area contributed by atoms with E-state index in [1.807, 2.05) is 36.6 Å². The Morgan fingerprint density at radius 3 is 2.69 bits per heavy atom. The fourth-order valence-electron chi connectivity index (χ4n) is 2.39. The average Bonchev–Trinajstić information content (AvgIpc) is 3.09. The largest absolute Gasteiger partial charge is 0.463 e. The Kier molecular flexibility index (Phi) is 5.69. The monoisotopic (exact) mass is 374 g/mol. The average molecular weight is 374 g/mol. The zero-order chi connectivity index (χ0) is 18.5. The third kappa shape index (κ3) is 3.94. The molecule has 0 fully saturated rings. The highest BCUT2D eigenvalue weighted by Gasteiger charge is 2.14. The quantitative estimate of drug-likeness (QED) is 0.354. The van der Waals surface area contributed by atoms with Crippen molar-refractivity contribution in [2.45, 2.75) is 18.8 Å². The fraction of sp³-hybridized carbons (Fsp3) is 0.294. The summed E-state index contributed by atoms with van der Waals surface area (Å²) in [5.74, 6) is 0.0410. The molecule has 8 nitrogen and oxygen atoms in total. The molecule has 0 saturated heterocycles. The van der Waals surface area contributed by atoms with Crippen LogP contribution in [-0.4, -0.2) is 44.6 Å². The van der Waals surface area contributed by atoms with Crippen molar-refractivity contribution in [1.29, 1.82) is 0 Å². The van der Waals surface area contributed by atoms with Crippen LogP contribution in [0.4, 0.5) is 0 Å². The lowest BCUT2D eigenvalue weighted by Gasteiger charge is -2.11. The topological polar surface area (TPSA) is 87.7 Å². The second-order valence-electron chi connectivity index (χ2n) is 5.37. The van der Waals surface area contributed by atoms with Gasteiger partial charge in [0.15, 0.2) is 0 Å². The van der Waals surface area contributed by atoms with Crippen LogP contribution in [0, 0.1) is 0 Å². The second-order valence-corrected chi connectivity index (χ2v) is 6.14. The van der Waals surface area contributed by atoms with Crippen molar-refractivity contribution in [2.24, 2.45) is 0 Å². The Balaban J connectivity index is 1.95. The maximum Gasteiger partial charge on any atom is 0.302 e. The van der Waals surface area contributed by atoms with Crippen LogP contribution in [-0.2, 0) is 21.0 Å². The zero-order valence-corrected chi connectivity index (χ0v) is 15.2. The number of esters is 1. The highest BCUT2D eigenvalue weighted by atomic mass is 32.2. The summed E-state index contributed by atoms with van der Waals surface area (Å²) in [5, 5.41) is 4.76. The molecular weight excluding hydrogens is 356 g/mol. The summed E-state index contributed by atoms with van der Waals surface area (Å²) in [6.07, 6.45) is 3.55. The van der Waals surface area contributed by atoms with E-state index in [4.69, 9.17) is 9.47 Å². The maximum absolute atomic E-state index is 12.8. The van der Waals surface area contributed by atoms with E-state index in [1.165, 1.54) is 23.2 Å². The molecule has 2 heterocycles. The van der Waals surface area contributed by atoms with Gasteiger partial charge in [0.1, 0.15) is 13.3 Å². The van der Waals surface area contributed by atoms with E-state index >= 15 is 0 Å². The number of ether oxygens (including phenoxy) is 2. The summed E-state index contributed by atoms with van der Waals surface area (Å²) < 4.78 is 13.4. The van der Waals surface area contributed by atoms with E-state index in [-0.39, 0.29) is 31.5 Å². The lowest BCUT2D eigenvalue weighted by atomic mass is 10.1. The molecule has 0 atom stereocenters. The molecule has 0 saturated carbocycles. The Bertz CT molecular complexity index is 968. The molecule has 3 aromatic rings. The standard InChI is InChI=1S/C17H18N4O4S/c1-12(22)25-9-8-24-11-20-10-14(13-6-4-3-5-7-13)15(23)21-17(20)18-16(19-21)26-2/h3-7,10H,8-9,11H2,1-2H3. The Morgan fingerprint density at radius 2 is 2.00 bits per heavy atom. The van der Waals surface area contributed by atoms with E-state index in [9.17, 15) is 9.59 Å². The lowest BCUT2D eigenvalue weighted by molar-refractivity contribution is -0.142. The molecule has 0 aliphatic heterocycles. The van der Waals surface area contributed by atoms with Gasteiger partial charge in [-0.3, -0.25) is 14.2 Å². The number of benzene rings is 1. The van der Waals surface area contributed by atoms with E-state index in [1.54, 1.807) is 10.8 Å². The van der Waals surface area contributed by atoms with Crippen molar-refractivity contribution in [3.63, 3.8) is 0 Å². The van der Waals surface area contributed by atoms with Gasteiger partial charge >= 0.3 is 5.97 Å². The number of hydrogen-bond donors (Lipinski definition) is 0. The number of thioether (sulfide) groups is 1. The molecule has 2 aromatic heterocycles. The highest BCUT2D eigenvalue weighted by molar-refractivity contribution is 7.98. The van der Waals surface area contributed by atoms with Gasteiger partial charge in [-0.1, -0.05) is 42.1 Å². The Hall–Kier alpha value is -2.65. The summed E-state index contributed by atoms with van der Waals surface area (Å²) in [6.45, 7) is 1.90. The van der Waals surface area contributed by atoms with Crippen LogP contribution in [0.15, 0.2) is 46.5 Å². The Labute approximate surface area is 153 Å². The number of hydrogen-bond acceptors (Lipinski definition) is 7. The van der Waals surface area contributed by atoms with Crippen LogP contribution < -0.4 is 5.56 Å². The molecular formula is C17H18N4O4S. The number of carbonyl (C=O) groups is 1. The smallest absolute Gasteiger partial charge is 0.302 e. The van der Waals surface area contributed by atoms with Gasteiger partial charge in [0.25, 0.3) is 5.56 Å². The van der Waals surface area contributed by atoms with Crippen molar-refractivity contribution in [1.82, 2.24) is 19.2 Å². The number of carbonyl (C=O) groups excluding carboxylic acids is 1. The lowest BCUT2D eigenvalue weighted by Crippen LogP contribution is -2.22. The SMILES string of the molecule is CSc1nc2n(COCCOC(C)=O)cc(-c3ccccc3)c(=O)n2n1. The van der Waals surface area contributed by atoms with Gasteiger partial charge in [0.05, 0.1) is 12.2 Å². The van der Waals surface area contributed by atoms with Gasteiger partial charge in [0, 0.05) is 13.1 Å². The third-order valence-electron chi connectivity index (χ3n) is 3.57. The number of aromatic nitrogens is 4. The molecule has 1 aromatic carbocycles. The van der Waals surface area contributed by atoms with Crippen LogP contribution in [0.3, 0.4) is 0 Å². The molecule has 0 bridgehead atoms. The molecule has 0 aliphatic carbocycles. The van der Waals surface area contributed by atoms with Gasteiger partial charge < -0.3 is 9.47 Å². The van der Waals surface area contributed by atoms with Crippen molar-refractivity contribution in [3.8, 4) is 11.1 Å². The van der Waals surface area contributed by atoms with Gasteiger partial charge in [-0.2, -0.15) is 9.50 Å². The normalized spacial score (nSPS) is 11.0. The van der Waals surface area contributed by atoms with E-state index in [0.29, 0.717) is 16.5 Å². The molecule has 0 aliphatic rings. The van der Waals surface area contributed by atoms with Crippen LogP contribution in [0.5, 0.6) is 0 Å². The molecule has 0 radical (unpaired) electrons. The molecule has 26 heavy (non-hydrogen) atoms. The Morgan fingerprint density at radius 1 is 1.23 bits per heavy atom. The first-order valence-corrected chi connectivity index (χ1v) is 9.13. The number of nitrogens with zero attached hydrogens (tertiary/aromatic N) is 4.